The zero-order valence-corrected chi connectivity index (χ0v) is 14.7. The van der Waals surface area contributed by atoms with Crippen molar-refractivity contribution in [1.82, 2.24) is 10.6 Å². The minimum absolute atomic E-state index is 0.328. The molecule has 9 nitrogen and oxygen atoms in total. The smallest absolute Gasteiger partial charge is 0.414 e. The van der Waals surface area contributed by atoms with Crippen molar-refractivity contribution in [3.05, 3.63) is 36.3 Å². The second-order valence-electron chi connectivity index (χ2n) is 6.34. The summed E-state index contributed by atoms with van der Waals surface area (Å²) in [7, 11) is 1.83. The highest BCUT2D eigenvalue weighted by Gasteiger charge is 2.33. The van der Waals surface area contributed by atoms with Crippen molar-refractivity contribution in [2.45, 2.75) is 6.10 Å². The number of nitrogens with zero attached hydrogens (tertiary/aromatic N) is 5. The topological polar surface area (TPSA) is 86.4 Å². The Morgan fingerprint density at radius 2 is 2.30 bits per heavy atom. The molecule has 2 aliphatic rings. The molecule has 1 atom stereocenters. The van der Waals surface area contributed by atoms with Crippen LogP contribution in [0.5, 0.6) is 0 Å². The SMILES string of the molecule is CN(CC1CN(c2ccc(N3C=NNCC3)c(F)c2)C(=O)O1)c1ccon1. The Morgan fingerprint density at radius 1 is 1.41 bits per heavy atom. The molecular formula is C17H19FN6O3. The molecular weight excluding hydrogens is 355 g/mol. The first kappa shape index (κ1) is 17.1. The molecule has 0 aliphatic carbocycles. The van der Waals surface area contributed by atoms with Crippen molar-refractivity contribution in [1.29, 1.82) is 0 Å². The van der Waals surface area contributed by atoms with Gasteiger partial charge in [-0.15, -0.1) is 0 Å². The fourth-order valence-electron chi connectivity index (χ4n) is 3.11. The number of ether oxygens (including phenoxy) is 1. The maximum atomic E-state index is 14.6. The molecule has 1 aromatic carbocycles. The first-order chi connectivity index (χ1) is 13.1. The number of anilines is 3. The van der Waals surface area contributed by atoms with Gasteiger partial charge in [0.2, 0.25) is 0 Å². The standard InChI is InChI=1S/C17H19FN6O3/c1-22(16-4-7-26-21-16)9-13-10-24(17(25)27-13)12-2-3-15(14(18)8-12)23-6-5-19-20-11-23/h2-4,7-8,11,13,19H,5-6,9-10H2,1H3. The summed E-state index contributed by atoms with van der Waals surface area (Å²) in [6, 6.07) is 6.42. The lowest BCUT2D eigenvalue weighted by Gasteiger charge is -2.24. The number of carbonyl (C=O) groups excluding carboxylic acids is 1. The molecule has 1 N–H and O–H groups in total. The number of hydrogen-bond donors (Lipinski definition) is 1. The van der Waals surface area contributed by atoms with Gasteiger partial charge in [-0.05, 0) is 18.2 Å². The summed E-state index contributed by atoms with van der Waals surface area (Å²) in [6.07, 6.45) is 2.17. The molecule has 0 saturated carbocycles. The zero-order valence-electron chi connectivity index (χ0n) is 14.7. The average molecular weight is 374 g/mol. The van der Waals surface area contributed by atoms with Crippen LogP contribution in [0.2, 0.25) is 0 Å². The van der Waals surface area contributed by atoms with Gasteiger partial charge in [-0.2, -0.15) is 5.10 Å². The first-order valence-corrected chi connectivity index (χ1v) is 8.54. The van der Waals surface area contributed by atoms with Crippen molar-refractivity contribution in [3.63, 3.8) is 0 Å². The van der Waals surface area contributed by atoms with Crippen LogP contribution in [-0.2, 0) is 4.74 Å². The number of cyclic esters (lactones) is 1. The van der Waals surface area contributed by atoms with Crippen molar-refractivity contribution in [2.75, 3.05) is 47.9 Å². The first-order valence-electron chi connectivity index (χ1n) is 8.54. The lowest BCUT2D eigenvalue weighted by atomic mass is 10.2. The lowest BCUT2D eigenvalue weighted by Crippen LogP contribution is -2.35. The van der Waals surface area contributed by atoms with Crippen molar-refractivity contribution in [3.8, 4) is 0 Å². The van der Waals surface area contributed by atoms with Crippen LogP contribution in [0.15, 0.2) is 40.2 Å². The molecule has 0 spiro atoms. The Balaban J connectivity index is 1.45. The molecule has 0 bridgehead atoms. The van der Waals surface area contributed by atoms with E-state index in [1.54, 1.807) is 29.4 Å². The molecule has 1 saturated heterocycles. The number of carbonyl (C=O) groups is 1. The minimum Gasteiger partial charge on any atom is -0.442 e. The molecule has 1 amide bonds. The van der Waals surface area contributed by atoms with Crippen molar-refractivity contribution >= 4 is 29.6 Å². The zero-order chi connectivity index (χ0) is 18.8. The normalized spacial score (nSPS) is 19.2. The molecule has 10 heteroatoms. The molecule has 2 aromatic rings. The third kappa shape index (κ3) is 3.50. The quantitative estimate of drug-likeness (QED) is 0.851. The summed E-state index contributed by atoms with van der Waals surface area (Å²) in [6.45, 7) is 2.03. The van der Waals surface area contributed by atoms with E-state index in [4.69, 9.17) is 9.26 Å². The van der Waals surface area contributed by atoms with Gasteiger partial charge in [-0.3, -0.25) is 4.90 Å². The Morgan fingerprint density at radius 3 is 3.00 bits per heavy atom. The van der Waals surface area contributed by atoms with Crippen molar-refractivity contribution < 1.29 is 18.4 Å². The van der Waals surface area contributed by atoms with Crippen LogP contribution in [0.4, 0.5) is 26.4 Å². The number of amides is 1. The molecule has 0 radical (unpaired) electrons. The highest BCUT2D eigenvalue weighted by Crippen LogP contribution is 2.28. The number of benzene rings is 1. The Labute approximate surface area is 154 Å². The Kier molecular flexibility index (Phi) is 4.53. The number of halogens is 1. The number of rotatable bonds is 5. The highest BCUT2D eigenvalue weighted by molar-refractivity contribution is 5.90. The van der Waals surface area contributed by atoms with Crippen LogP contribution in [0, 0.1) is 5.82 Å². The third-order valence-corrected chi connectivity index (χ3v) is 4.47. The number of aromatic nitrogens is 1. The fraction of sp³-hybridized carbons (Fsp3) is 0.353. The Bertz CT molecular complexity index is 843. The summed E-state index contributed by atoms with van der Waals surface area (Å²) >= 11 is 0. The Hall–Kier alpha value is -3.30. The lowest BCUT2D eigenvalue weighted by molar-refractivity contribution is 0.144. The fourth-order valence-corrected chi connectivity index (χ4v) is 3.11. The largest absolute Gasteiger partial charge is 0.442 e. The molecule has 27 heavy (non-hydrogen) atoms. The van der Waals surface area contributed by atoms with Gasteiger partial charge >= 0.3 is 6.09 Å². The summed E-state index contributed by atoms with van der Waals surface area (Å²) in [5, 5.41) is 7.78. The summed E-state index contributed by atoms with van der Waals surface area (Å²) < 4.78 is 24.8. The van der Waals surface area contributed by atoms with Gasteiger partial charge in [0.15, 0.2) is 5.82 Å². The van der Waals surface area contributed by atoms with Crippen LogP contribution in [0.3, 0.4) is 0 Å². The van der Waals surface area contributed by atoms with Gasteiger partial charge in [0.1, 0.15) is 24.5 Å². The predicted molar refractivity (Wildman–Crippen MR) is 97.6 cm³/mol. The number of hydrogen-bond acceptors (Lipinski definition) is 8. The molecule has 4 rings (SSSR count). The molecule has 142 valence electrons. The monoisotopic (exact) mass is 374 g/mol. The van der Waals surface area contributed by atoms with E-state index >= 15 is 0 Å². The van der Waals surface area contributed by atoms with Crippen LogP contribution in [-0.4, -0.2) is 56.9 Å². The summed E-state index contributed by atoms with van der Waals surface area (Å²) in [5.41, 5.74) is 3.69. The maximum absolute atomic E-state index is 14.6. The van der Waals surface area contributed by atoms with Gasteiger partial charge < -0.3 is 24.5 Å². The number of nitrogens with one attached hydrogen (secondary N) is 1. The number of hydrazone groups is 1. The van der Waals surface area contributed by atoms with E-state index in [9.17, 15) is 9.18 Å². The average Bonchev–Trinajstić information content (AvgIpc) is 3.32. The van der Waals surface area contributed by atoms with Gasteiger partial charge in [0.05, 0.1) is 31.0 Å². The predicted octanol–water partition coefficient (Wildman–Crippen LogP) is 1.63. The van der Waals surface area contributed by atoms with E-state index in [1.165, 1.54) is 17.2 Å². The maximum Gasteiger partial charge on any atom is 0.414 e. The van der Waals surface area contributed by atoms with Gasteiger partial charge in [-0.1, -0.05) is 5.16 Å². The van der Waals surface area contributed by atoms with E-state index in [0.29, 0.717) is 43.4 Å². The highest BCUT2D eigenvalue weighted by atomic mass is 19.1. The van der Waals surface area contributed by atoms with Crippen LogP contribution in [0.25, 0.3) is 0 Å². The van der Waals surface area contributed by atoms with Gasteiger partial charge in [0, 0.05) is 19.7 Å². The van der Waals surface area contributed by atoms with E-state index < -0.39 is 11.9 Å². The van der Waals surface area contributed by atoms with Crippen LogP contribution in [0.1, 0.15) is 0 Å². The van der Waals surface area contributed by atoms with Crippen LogP contribution >= 0.6 is 0 Å². The second kappa shape index (κ2) is 7.14. The van der Waals surface area contributed by atoms with E-state index in [0.717, 1.165) is 0 Å². The summed E-state index contributed by atoms with van der Waals surface area (Å²) in [4.78, 5) is 17.2. The van der Waals surface area contributed by atoms with E-state index in [-0.39, 0.29) is 6.10 Å². The van der Waals surface area contributed by atoms with Gasteiger partial charge in [0.25, 0.3) is 0 Å². The molecule has 1 fully saturated rings. The second-order valence-corrected chi connectivity index (χ2v) is 6.34. The van der Waals surface area contributed by atoms with E-state index in [2.05, 4.69) is 15.7 Å². The minimum atomic E-state index is -0.496. The molecule has 2 aliphatic heterocycles. The summed E-state index contributed by atoms with van der Waals surface area (Å²) in [5.74, 6) is 0.231. The molecule has 1 unspecified atom stereocenters. The van der Waals surface area contributed by atoms with E-state index in [1.807, 2.05) is 11.9 Å². The third-order valence-electron chi connectivity index (χ3n) is 4.47. The van der Waals surface area contributed by atoms with Gasteiger partial charge in [-0.25, -0.2) is 9.18 Å². The molecule has 1 aromatic heterocycles. The van der Waals surface area contributed by atoms with Crippen molar-refractivity contribution in [2.24, 2.45) is 5.10 Å². The molecule has 3 heterocycles. The van der Waals surface area contributed by atoms with Crippen LogP contribution < -0.4 is 20.1 Å². The number of likely N-dealkylation sites (N-methyl/N-ethyl adjacent to an activating group) is 1.